The number of ether oxygens (including phenoxy) is 2. The highest BCUT2D eigenvalue weighted by atomic mass is 16.5. The van der Waals surface area contributed by atoms with E-state index in [0.717, 1.165) is 10.8 Å². The molecule has 0 aliphatic carbocycles. The van der Waals surface area contributed by atoms with E-state index in [1.165, 1.54) is 0 Å². The van der Waals surface area contributed by atoms with Gasteiger partial charge in [-0.2, -0.15) is 0 Å². The quantitative estimate of drug-likeness (QED) is 0.139. The average molecular weight is 517 g/mol. The minimum atomic E-state index is -0.174. The minimum Gasteiger partial charge on any atom is -0.490 e. The Kier molecular flexibility index (Phi) is 6.66. The summed E-state index contributed by atoms with van der Waals surface area (Å²) in [5.41, 5.74) is 2.21. The Morgan fingerprint density at radius 2 is 0.974 bits per heavy atom. The van der Waals surface area contributed by atoms with Crippen LogP contribution in [0, 0.1) is 0 Å². The monoisotopic (exact) mass is 516 g/mol. The lowest BCUT2D eigenvalue weighted by Gasteiger charge is -2.08. The van der Waals surface area contributed by atoms with E-state index in [2.05, 4.69) is 0 Å². The van der Waals surface area contributed by atoms with Gasteiger partial charge in [-0.25, -0.2) is 0 Å². The molecule has 6 aromatic rings. The minimum absolute atomic E-state index is 0.174. The average Bonchev–Trinajstić information content (AvgIpc) is 3.63. The molecule has 6 heteroatoms. The van der Waals surface area contributed by atoms with Gasteiger partial charge in [-0.1, -0.05) is 84.9 Å². The molecule has 0 unspecified atom stereocenters. The van der Waals surface area contributed by atoms with Gasteiger partial charge < -0.3 is 18.3 Å². The first-order valence-electron chi connectivity index (χ1n) is 12.7. The van der Waals surface area contributed by atoms with Crippen LogP contribution in [-0.2, 0) is 0 Å². The van der Waals surface area contributed by atoms with Crippen molar-refractivity contribution in [3.8, 4) is 11.5 Å². The summed E-state index contributed by atoms with van der Waals surface area (Å²) < 4.78 is 23.7. The van der Waals surface area contributed by atoms with E-state index in [9.17, 15) is 9.59 Å². The van der Waals surface area contributed by atoms with Crippen LogP contribution in [0.4, 0.5) is 0 Å². The van der Waals surface area contributed by atoms with Gasteiger partial charge in [0.15, 0.2) is 34.2 Å². The number of ketones is 2. The van der Waals surface area contributed by atoms with Crippen LogP contribution >= 0.6 is 0 Å². The zero-order valence-corrected chi connectivity index (χ0v) is 21.0. The Hall–Kier alpha value is -5.10. The topological polar surface area (TPSA) is 78.9 Å². The Morgan fingerprint density at radius 1 is 0.538 bits per heavy atom. The standard InChI is InChI=1S/C33H24O6/c34-30(22-10-3-1-4-11-22)28-20-24-14-7-16-26(32(24)38-28)36-18-9-19-37-27-17-8-15-25-21-29(39-33(25)27)31(35)23-12-5-2-6-13-23/h1-8,10-17,20-21H,9,18-19H2. The number of carbonyl (C=O) groups excluding carboxylic acids is 2. The van der Waals surface area contributed by atoms with Crippen LogP contribution in [0.3, 0.4) is 0 Å². The molecule has 0 bridgehead atoms. The van der Waals surface area contributed by atoms with Gasteiger partial charge in [0.25, 0.3) is 0 Å². The number of carbonyl (C=O) groups is 2. The third-order valence-electron chi connectivity index (χ3n) is 6.34. The van der Waals surface area contributed by atoms with Gasteiger partial charge in [0.2, 0.25) is 11.6 Å². The summed E-state index contributed by atoms with van der Waals surface area (Å²) in [6.45, 7) is 0.765. The largest absolute Gasteiger partial charge is 0.490 e. The zero-order chi connectivity index (χ0) is 26.6. The lowest BCUT2D eigenvalue weighted by atomic mass is 10.1. The Bertz CT molecular complexity index is 1630. The molecule has 0 saturated carbocycles. The lowest BCUT2D eigenvalue weighted by molar-refractivity contribution is 0.100. The summed E-state index contributed by atoms with van der Waals surface area (Å²) in [5.74, 6) is 1.33. The maximum absolute atomic E-state index is 12.8. The predicted molar refractivity (Wildman–Crippen MR) is 148 cm³/mol. The predicted octanol–water partition coefficient (Wildman–Crippen LogP) is 7.49. The van der Waals surface area contributed by atoms with Crippen LogP contribution in [0.15, 0.2) is 118 Å². The molecule has 0 amide bonds. The fraction of sp³-hybridized carbons (Fsp3) is 0.0909. The molecule has 0 aliphatic rings. The second-order valence-electron chi connectivity index (χ2n) is 9.01. The number of fused-ring (bicyclic) bond motifs is 2. The smallest absolute Gasteiger partial charge is 0.228 e. The van der Waals surface area contributed by atoms with E-state index >= 15 is 0 Å². The van der Waals surface area contributed by atoms with Crippen molar-refractivity contribution in [1.29, 1.82) is 0 Å². The van der Waals surface area contributed by atoms with E-state index in [1.807, 2.05) is 72.8 Å². The third-order valence-corrected chi connectivity index (χ3v) is 6.34. The molecular formula is C33H24O6. The van der Waals surface area contributed by atoms with Gasteiger partial charge >= 0.3 is 0 Å². The summed E-state index contributed by atoms with van der Waals surface area (Å²) in [6.07, 6.45) is 0.597. The number of hydrogen-bond donors (Lipinski definition) is 0. The van der Waals surface area contributed by atoms with Crippen molar-refractivity contribution in [2.45, 2.75) is 6.42 Å². The van der Waals surface area contributed by atoms with E-state index < -0.39 is 0 Å². The number of hydrogen-bond acceptors (Lipinski definition) is 6. The number of rotatable bonds is 10. The lowest BCUT2D eigenvalue weighted by Crippen LogP contribution is -2.05. The molecule has 0 fully saturated rings. The molecule has 0 saturated heterocycles. The van der Waals surface area contributed by atoms with Crippen molar-refractivity contribution >= 4 is 33.5 Å². The van der Waals surface area contributed by atoms with Gasteiger partial charge in [-0.15, -0.1) is 0 Å². The maximum Gasteiger partial charge on any atom is 0.228 e. The number of para-hydroxylation sites is 2. The van der Waals surface area contributed by atoms with Gasteiger partial charge in [0, 0.05) is 28.3 Å². The molecule has 0 spiro atoms. The van der Waals surface area contributed by atoms with Crippen molar-refractivity contribution < 1.29 is 27.9 Å². The first-order valence-corrected chi connectivity index (χ1v) is 12.7. The normalized spacial score (nSPS) is 11.1. The van der Waals surface area contributed by atoms with Crippen LogP contribution < -0.4 is 9.47 Å². The highest BCUT2D eigenvalue weighted by Crippen LogP contribution is 2.31. The number of furan rings is 2. The van der Waals surface area contributed by atoms with Gasteiger partial charge in [-0.05, 0) is 24.3 Å². The summed E-state index contributed by atoms with van der Waals surface area (Å²) >= 11 is 0. The van der Waals surface area contributed by atoms with Gasteiger partial charge in [0.05, 0.1) is 13.2 Å². The highest BCUT2D eigenvalue weighted by molar-refractivity contribution is 6.10. The van der Waals surface area contributed by atoms with Crippen molar-refractivity contribution in [3.05, 3.63) is 132 Å². The van der Waals surface area contributed by atoms with Crippen LogP contribution in [0.2, 0.25) is 0 Å². The Morgan fingerprint density at radius 3 is 1.41 bits per heavy atom. The fourth-order valence-electron chi connectivity index (χ4n) is 4.41. The van der Waals surface area contributed by atoms with E-state index in [0.29, 0.717) is 53.4 Å². The van der Waals surface area contributed by atoms with E-state index in [-0.39, 0.29) is 23.1 Å². The first kappa shape index (κ1) is 24.2. The zero-order valence-electron chi connectivity index (χ0n) is 21.0. The third kappa shape index (κ3) is 5.05. The summed E-state index contributed by atoms with van der Waals surface area (Å²) in [7, 11) is 0. The van der Waals surface area contributed by atoms with Gasteiger partial charge in [0.1, 0.15) is 0 Å². The summed E-state index contributed by atoms with van der Waals surface area (Å²) in [6, 6.07) is 32.7. The molecule has 4 aromatic carbocycles. The molecule has 2 heterocycles. The molecule has 0 atom stereocenters. The molecule has 0 N–H and O–H groups in total. The Balaban J connectivity index is 1.09. The van der Waals surface area contributed by atoms with Crippen molar-refractivity contribution in [1.82, 2.24) is 0 Å². The SMILES string of the molecule is O=C(c1ccccc1)c1cc2cccc(OCCCOc3cccc4cc(C(=O)c5ccccc5)oc34)c2o1. The van der Waals surface area contributed by atoms with Crippen LogP contribution in [0.25, 0.3) is 21.9 Å². The second-order valence-corrected chi connectivity index (χ2v) is 9.01. The van der Waals surface area contributed by atoms with E-state index in [1.54, 1.807) is 36.4 Å². The van der Waals surface area contributed by atoms with Crippen LogP contribution in [0.5, 0.6) is 11.5 Å². The molecule has 6 nitrogen and oxygen atoms in total. The Labute approximate surface area is 224 Å². The molecule has 2 aromatic heterocycles. The van der Waals surface area contributed by atoms with Crippen LogP contribution in [-0.4, -0.2) is 24.8 Å². The molecule has 192 valence electrons. The molecule has 6 rings (SSSR count). The maximum atomic E-state index is 12.8. The fourth-order valence-corrected chi connectivity index (χ4v) is 4.41. The molecular weight excluding hydrogens is 492 g/mol. The molecule has 0 radical (unpaired) electrons. The second kappa shape index (κ2) is 10.7. The van der Waals surface area contributed by atoms with Crippen molar-refractivity contribution in [3.63, 3.8) is 0 Å². The first-order chi connectivity index (χ1) is 19.2. The van der Waals surface area contributed by atoms with Crippen LogP contribution in [0.1, 0.15) is 38.7 Å². The van der Waals surface area contributed by atoms with Gasteiger partial charge in [-0.3, -0.25) is 9.59 Å². The van der Waals surface area contributed by atoms with Crippen molar-refractivity contribution in [2.24, 2.45) is 0 Å². The summed E-state index contributed by atoms with van der Waals surface area (Å²) in [4.78, 5) is 25.6. The van der Waals surface area contributed by atoms with Crippen molar-refractivity contribution in [2.75, 3.05) is 13.2 Å². The molecule has 39 heavy (non-hydrogen) atoms. The number of benzene rings is 4. The highest BCUT2D eigenvalue weighted by Gasteiger charge is 2.18. The van der Waals surface area contributed by atoms with E-state index in [4.69, 9.17) is 18.3 Å². The molecule has 0 aliphatic heterocycles. The summed E-state index contributed by atoms with van der Waals surface area (Å²) in [5, 5.41) is 1.60.